The summed E-state index contributed by atoms with van der Waals surface area (Å²) in [6.45, 7) is 3.67. The van der Waals surface area contributed by atoms with E-state index in [0.29, 0.717) is 19.7 Å². The molecule has 0 N–H and O–H groups in total. The minimum absolute atomic E-state index is 0.126. The first kappa shape index (κ1) is 13.4. The van der Waals surface area contributed by atoms with Crippen molar-refractivity contribution < 1.29 is 13.9 Å². The van der Waals surface area contributed by atoms with E-state index < -0.39 is 0 Å². The molecule has 2 aliphatic rings. The van der Waals surface area contributed by atoms with Crippen LogP contribution >= 0.6 is 0 Å². The maximum atomic E-state index is 12.9. The summed E-state index contributed by atoms with van der Waals surface area (Å²) < 4.78 is 18.4. The van der Waals surface area contributed by atoms with Crippen LogP contribution in [0.5, 0.6) is 0 Å². The second-order valence-corrected chi connectivity index (χ2v) is 5.29. The number of piperazine rings is 1. The normalized spacial score (nSPS) is 23.1. The molecule has 0 aliphatic carbocycles. The van der Waals surface area contributed by atoms with Crippen molar-refractivity contribution in [3.63, 3.8) is 0 Å². The van der Waals surface area contributed by atoms with Gasteiger partial charge in [-0.2, -0.15) is 0 Å². The van der Waals surface area contributed by atoms with Gasteiger partial charge in [-0.05, 0) is 37.1 Å². The van der Waals surface area contributed by atoms with Crippen molar-refractivity contribution in [2.24, 2.45) is 0 Å². The van der Waals surface area contributed by atoms with Gasteiger partial charge in [0.15, 0.2) is 0 Å². The predicted octanol–water partition coefficient (Wildman–Crippen LogP) is 1.65. The first-order chi connectivity index (χ1) is 9.74. The van der Waals surface area contributed by atoms with Crippen LogP contribution in [-0.2, 0) is 9.53 Å². The lowest BCUT2D eigenvalue weighted by Gasteiger charge is -2.37. The third kappa shape index (κ3) is 2.77. The zero-order valence-corrected chi connectivity index (χ0v) is 11.4. The van der Waals surface area contributed by atoms with Crippen molar-refractivity contribution in [1.82, 2.24) is 4.90 Å². The Balaban J connectivity index is 1.56. The van der Waals surface area contributed by atoms with Gasteiger partial charge in [0.2, 0.25) is 0 Å². The van der Waals surface area contributed by atoms with Crippen molar-refractivity contribution in [2.75, 3.05) is 37.7 Å². The van der Waals surface area contributed by atoms with E-state index in [1.165, 1.54) is 12.1 Å². The summed E-state index contributed by atoms with van der Waals surface area (Å²) in [7, 11) is 0. The van der Waals surface area contributed by atoms with Crippen LogP contribution in [0.3, 0.4) is 0 Å². The summed E-state index contributed by atoms with van der Waals surface area (Å²) in [4.78, 5) is 16.3. The Morgan fingerprint density at radius 1 is 1.15 bits per heavy atom. The number of carbonyl (C=O) groups excluding carboxylic acids is 1. The fourth-order valence-corrected chi connectivity index (χ4v) is 2.81. The molecule has 0 spiro atoms. The highest BCUT2D eigenvalue weighted by Crippen LogP contribution is 2.19. The van der Waals surface area contributed by atoms with Crippen LogP contribution in [0.25, 0.3) is 0 Å². The molecule has 0 saturated carbocycles. The van der Waals surface area contributed by atoms with Gasteiger partial charge >= 0.3 is 0 Å². The van der Waals surface area contributed by atoms with Crippen molar-refractivity contribution in [2.45, 2.75) is 18.9 Å². The Labute approximate surface area is 118 Å². The van der Waals surface area contributed by atoms with E-state index in [4.69, 9.17) is 4.74 Å². The third-order valence-electron chi connectivity index (χ3n) is 3.99. The molecule has 1 amide bonds. The number of anilines is 1. The lowest BCUT2D eigenvalue weighted by Crippen LogP contribution is -2.51. The van der Waals surface area contributed by atoms with E-state index in [9.17, 15) is 9.18 Å². The minimum Gasteiger partial charge on any atom is -0.368 e. The molecular weight excluding hydrogens is 259 g/mol. The van der Waals surface area contributed by atoms with Crippen LogP contribution < -0.4 is 4.90 Å². The number of nitrogens with zero attached hydrogens (tertiary/aromatic N) is 2. The summed E-state index contributed by atoms with van der Waals surface area (Å²) >= 11 is 0. The van der Waals surface area contributed by atoms with Crippen molar-refractivity contribution in [3.8, 4) is 0 Å². The van der Waals surface area contributed by atoms with Gasteiger partial charge in [0.05, 0.1) is 0 Å². The molecule has 5 heteroatoms. The van der Waals surface area contributed by atoms with E-state index >= 15 is 0 Å². The number of carbonyl (C=O) groups is 1. The van der Waals surface area contributed by atoms with Crippen molar-refractivity contribution >= 4 is 11.6 Å². The van der Waals surface area contributed by atoms with Crippen LogP contribution in [0.15, 0.2) is 24.3 Å². The molecule has 0 unspecified atom stereocenters. The molecule has 1 atom stereocenters. The molecule has 3 rings (SSSR count). The standard InChI is InChI=1S/C15H19FN2O2/c16-12-3-5-13(6-4-12)17-7-9-18(10-8-17)15(19)14-2-1-11-20-14/h3-6,14H,1-2,7-11H2/t14-/m1/s1. The largest absolute Gasteiger partial charge is 0.368 e. The SMILES string of the molecule is O=C([C@H]1CCCO1)N1CCN(c2ccc(F)cc2)CC1. The summed E-state index contributed by atoms with van der Waals surface area (Å²) in [5, 5.41) is 0. The Hall–Kier alpha value is -1.62. The van der Waals surface area contributed by atoms with E-state index in [0.717, 1.165) is 31.6 Å². The molecule has 2 saturated heterocycles. The van der Waals surface area contributed by atoms with E-state index in [-0.39, 0.29) is 17.8 Å². The molecule has 0 bridgehead atoms. The van der Waals surface area contributed by atoms with Gasteiger partial charge in [-0.1, -0.05) is 0 Å². The lowest BCUT2D eigenvalue weighted by atomic mass is 10.2. The molecular formula is C15H19FN2O2. The van der Waals surface area contributed by atoms with Gasteiger partial charge in [-0.3, -0.25) is 4.79 Å². The van der Waals surface area contributed by atoms with Gasteiger partial charge in [-0.25, -0.2) is 4.39 Å². The highest BCUT2D eigenvalue weighted by atomic mass is 19.1. The number of hydrogen-bond donors (Lipinski definition) is 0. The highest BCUT2D eigenvalue weighted by Gasteiger charge is 2.30. The molecule has 2 aliphatic heterocycles. The zero-order valence-electron chi connectivity index (χ0n) is 11.4. The third-order valence-corrected chi connectivity index (χ3v) is 3.99. The van der Waals surface area contributed by atoms with Gasteiger partial charge in [0.25, 0.3) is 5.91 Å². The number of halogens is 1. The quantitative estimate of drug-likeness (QED) is 0.824. The monoisotopic (exact) mass is 278 g/mol. The summed E-state index contributed by atoms with van der Waals surface area (Å²) in [5.41, 5.74) is 1.01. The Morgan fingerprint density at radius 3 is 2.45 bits per heavy atom. The second kappa shape index (κ2) is 5.79. The average Bonchev–Trinajstić information content (AvgIpc) is 3.02. The fraction of sp³-hybridized carbons (Fsp3) is 0.533. The molecule has 0 aromatic heterocycles. The number of benzene rings is 1. The molecule has 1 aromatic carbocycles. The molecule has 2 heterocycles. The number of hydrogen-bond acceptors (Lipinski definition) is 3. The molecule has 4 nitrogen and oxygen atoms in total. The topological polar surface area (TPSA) is 32.8 Å². The minimum atomic E-state index is -0.229. The van der Waals surface area contributed by atoms with Crippen LogP contribution in [0.2, 0.25) is 0 Å². The fourth-order valence-electron chi connectivity index (χ4n) is 2.81. The number of amides is 1. The van der Waals surface area contributed by atoms with Gasteiger partial charge in [-0.15, -0.1) is 0 Å². The van der Waals surface area contributed by atoms with Gasteiger partial charge in [0, 0.05) is 38.5 Å². The number of rotatable bonds is 2. The Kier molecular flexibility index (Phi) is 3.87. The zero-order chi connectivity index (χ0) is 13.9. The van der Waals surface area contributed by atoms with Crippen LogP contribution in [0.4, 0.5) is 10.1 Å². The lowest BCUT2D eigenvalue weighted by molar-refractivity contribution is -0.141. The second-order valence-electron chi connectivity index (χ2n) is 5.29. The average molecular weight is 278 g/mol. The van der Waals surface area contributed by atoms with Crippen LogP contribution in [0.1, 0.15) is 12.8 Å². The Morgan fingerprint density at radius 2 is 1.85 bits per heavy atom. The summed E-state index contributed by atoms with van der Waals surface area (Å²) in [5.74, 6) is -0.0952. The maximum Gasteiger partial charge on any atom is 0.251 e. The molecule has 108 valence electrons. The first-order valence-electron chi connectivity index (χ1n) is 7.15. The van der Waals surface area contributed by atoms with E-state index in [1.807, 2.05) is 4.90 Å². The molecule has 0 radical (unpaired) electrons. The smallest absolute Gasteiger partial charge is 0.251 e. The summed E-state index contributed by atoms with van der Waals surface area (Å²) in [6.07, 6.45) is 1.59. The van der Waals surface area contributed by atoms with Gasteiger partial charge < -0.3 is 14.5 Å². The van der Waals surface area contributed by atoms with Crippen molar-refractivity contribution in [3.05, 3.63) is 30.1 Å². The highest BCUT2D eigenvalue weighted by molar-refractivity contribution is 5.81. The van der Waals surface area contributed by atoms with Crippen LogP contribution in [-0.4, -0.2) is 49.7 Å². The van der Waals surface area contributed by atoms with Gasteiger partial charge in [0.1, 0.15) is 11.9 Å². The predicted molar refractivity (Wildman–Crippen MR) is 74.2 cm³/mol. The van der Waals surface area contributed by atoms with Crippen LogP contribution in [0, 0.1) is 5.82 Å². The number of ether oxygens (including phenoxy) is 1. The van der Waals surface area contributed by atoms with E-state index in [1.54, 1.807) is 12.1 Å². The first-order valence-corrected chi connectivity index (χ1v) is 7.15. The van der Waals surface area contributed by atoms with E-state index in [2.05, 4.69) is 4.90 Å². The maximum absolute atomic E-state index is 12.9. The van der Waals surface area contributed by atoms with Crippen molar-refractivity contribution in [1.29, 1.82) is 0 Å². The molecule has 1 aromatic rings. The summed E-state index contributed by atoms with van der Waals surface area (Å²) in [6, 6.07) is 6.51. The Bertz CT molecular complexity index is 463. The molecule has 20 heavy (non-hydrogen) atoms. The molecule has 2 fully saturated rings.